The highest BCUT2D eigenvalue weighted by Crippen LogP contribution is 2.24. The number of nitrogens with zero attached hydrogens (tertiary/aromatic N) is 2. The number of nitrogens with one attached hydrogen (secondary N) is 1. The summed E-state index contributed by atoms with van der Waals surface area (Å²) < 4.78 is 0. The molecule has 0 radical (unpaired) electrons. The fourth-order valence-corrected chi connectivity index (χ4v) is 3.57. The Kier molecular flexibility index (Phi) is 4.19. The van der Waals surface area contributed by atoms with Crippen molar-refractivity contribution in [1.29, 1.82) is 0 Å². The number of likely N-dealkylation sites (tertiary alicyclic amines) is 1. The van der Waals surface area contributed by atoms with Crippen molar-refractivity contribution < 1.29 is 4.79 Å². The summed E-state index contributed by atoms with van der Waals surface area (Å²) in [6, 6.07) is 6.83. The number of rotatable bonds is 3. The number of hydrogen-bond acceptors (Lipinski definition) is 2. The molecule has 2 aromatic rings. The second-order valence-electron chi connectivity index (χ2n) is 6.50. The lowest BCUT2D eigenvalue weighted by Crippen LogP contribution is -2.48. The fraction of sp³-hybridized carbons (Fsp3) is 0.556. The molecule has 2 atom stereocenters. The molecule has 1 amide bonds. The SMILES string of the molecule is CCc1nc2ccc(CC(=O)N3C(C)CCCC3C)cc2[nH]1. The van der Waals surface area contributed by atoms with Crippen molar-refractivity contribution in [2.75, 3.05) is 0 Å². The standard InChI is InChI=1S/C18H25N3O/c1-4-17-19-15-9-8-14(10-16(15)20-17)11-18(22)21-12(2)6-5-7-13(21)3/h8-10,12-13H,4-7,11H2,1-3H3,(H,19,20). The van der Waals surface area contributed by atoms with Crippen molar-refractivity contribution in [1.82, 2.24) is 14.9 Å². The number of hydrogen-bond donors (Lipinski definition) is 1. The summed E-state index contributed by atoms with van der Waals surface area (Å²) >= 11 is 0. The molecule has 0 saturated carbocycles. The van der Waals surface area contributed by atoms with Crippen LogP contribution in [-0.4, -0.2) is 32.9 Å². The Morgan fingerprint density at radius 2 is 2.05 bits per heavy atom. The maximum absolute atomic E-state index is 12.7. The van der Waals surface area contributed by atoms with Crippen LogP contribution in [0.3, 0.4) is 0 Å². The lowest BCUT2D eigenvalue weighted by molar-refractivity contribution is -0.136. The van der Waals surface area contributed by atoms with E-state index in [1.807, 2.05) is 12.1 Å². The minimum atomic E-state index is 0.245. The summed E-state index contributed by atoms with van der Waals surface area (Å²) in [5, 5.41) is 0. The highest BCUT2D eigenvalue weighted by Gasteiger charge is 2.28. The topological polar surface area (TPSA) is 49.0 Å². The van der Waals surface area contributed by atoms with Gasteiger partial charge in [-0.1, -0.05) is 13.0 Å². The number of benzene rings is 1. The molecular weight excluding hydrogens is 274 g/mol. The van der Waals surface area contributed by atoms with Crippen LogP contribution in [-0.2, 0) is 17.6 Å². The van der Waals surface area contributed by atoms with Gasteiger partial charge in [0.25, 0.3) is 0 Å². The van der Waals surface area contributed by atoms with E-state index in [0.29, 0.717) is 18.5 Å². The molecule has 0 spiro atoms. The van der Waals surface area contributed by atoms with Crippen molar-refractivity contribution in [2.45, 2.75) is 65.0 Å². The molecule has 1 aliphatic heterocycles. The van der Waals surface area contributed by atoms with Gasteiger partial charge in [0, 0.05) is 18.5 Å². The van der Waals surface area contributed by atoms with Crippen LogP contribution in [0.25, 0.3) is 11.0 Å². The third-order valence-electron chi connectivity index (χ3n) is 4.77. The summed E-state index contributed by atoms with van der Waals surface area (Å²) in [4.78, 5) is 22.6. The van der Waals surface area contributed by atoms with Crippen molar-refractivity contribution >= 4 is 16.9 Å². The maximum atomic E-state index is 12.7. The van der Waals surface area contributed by atoms with Crippen LogP contribution in [0.1, 0.15) is 51.4 Å². The first-order valence-electron chi connectivity index (χ1n) is 8.37. The minimum Gasteiger partial charge on any atom is -0.342 e. The largest absolute Gasteiger partial charge is 0.342 e. The van der Waals surface area contributed by atoms with Crippen LogP contribution in [0.15, 0.2) is 18.2 Å². The molecule has 2 heterocycles. The number of aromatic amines is 1. The van der Waals surface area contributed by atoms with Crippen molar-refractivity contribution in [3.63, 3.8) is 0 Å². The third kappa shape index (κ3) is 2.87. The van der Waals surface area contributed by atoms with Crippen LogP contribution in [0.2, 0.25) is 0 Å². The van der Waals surface area contributed by atoms with Gasteiger partial charge in [-0.05, 0) is 50.8 Å². The number of imidazole rings is 1. The lowest BCUT2D eigenvalue weighted by Gasteiger charge is -2.39. The third-order valence-corrected chi connectivity index (χ3v) is 4.77. The van der Waals surface area contributed by atoms with Crippen LogP contribution >= 0.6 is 0 Å². The molecule has 1 aliphatic rings. The Balaban J connectivity index is 1.78. The molecule has 0 bridgehead atoms. The zero-order valence-electron chi connectivity index (χ0n) is 13.7. The van der Waals surface area contributed by atoms with Crippen molar-refractivity contribution in [3.05, 3.63) is 29.6 Å². The molecule has 118 valence electrons. The predicted octanol–water partition coefficient (Wildman–Crippen LogP) is 3.46. The van der Waals surface area contributed by atoms with Gasteiger partial charge in [-0.3, -0.25) is 4.79 Å². The van der Waals surface area contributed by atoms with E-state index in [1.54, 1.807) is 0 Å². The monoisotopic (exact) mass is 299 g/mol. The first-order chi connectivity index (χ1) is 10.6. The fourth-order valence-electron chi connectivity index (χ4n) is 3.57. The maximum Gasteiger partial charge on any atom is 0.227 e. The molecular formula is C18H25N3O. The van der Waals surface area contributed by atoms with E-state index in [1.165, 1.54) is 6.42 Å². The van der Waals surface area contributed by atoms with Gasteiger partial charge < -0.3 is 9.88 Å². The van der Waals surface area contributed by atoms with Crippen LogP contribution in [0.5, 0.6) is 0 Å². The van der Waals surface area contributed by atoms with Gasteiger partial charge in [-0.25, -0.2) is 4.98 Å². The van der Waals surface area contributed by atoms with E-state index in [-0.39, 0.29) is 5.91 Å². The number of aryl methyl sites for hydroxylation is 1. The van der Waals surface area contributed by atoms with Crippen LogP contribution < -0.4 is 0 Å². The Bertz CT molecular complexity index is 666. The molecule has 1 N–H and O–H groups in total. The molecule has 1 fully saturated rings. The van der Waals surface area contributed by atoms with E-state index in [2.05, 4.69) is 41.7 Å². The van der Waals surface area contributed by atoms with Crippen LogP contribution in [0.4, 0.5) is 0 Å². The molecule has 4 nitrogen and oxygen atoms in total. The van der Waals surface area contributed by atoms with E-state index >= 15 is 0 Å². The van der Waals surface area contributed by atoms with Gasteiger partial charge in [0.2, 0.25) is 5.91 Å². The Hall–Kier alpha value is -1.84. The zero-order chi connectivity index (χ0) is 15.7. The van der Waals surface area contributed by atoms with Gasteiger partial charge in [0.05, 0.1) is 17.5 Å². The highest BCUT2D eigenvalue weighted by molar-refractivity contribution is 5.82. The lowest BCUT2D eigenvalue weighted by atomic mass is 9.96. The van der Waals surface area contributed by atoms with Gasteiger partial charge in [0.1, 0.15) is 5.82 Å². The molecule has 1 aromatic heterocycles. The summed E-state index contributed by atoms with van der Waals surface area (Å²) in [6.45, 7) is 6.42. The number of amides is 1. The van der Waals surface area contributed by atoms with Crippen molar-refractivity contribution in [2.24, 2.45) is 0 Å². The minimum absolute atomic E-state index is 0.245. The summed E-state index contributed by atoms with van der Waals surface area (Å²) in [7, 11) is 0. The number of H-pyrrole nitrogens is 1. The quantitative estimate of drug-likeness (QED) is 0.943. The molecule has 4 heteroatoms. The van der Waals surface area contributed by atoms with E-state index in [9.17, 15) is 4.79 Å². The van der Waals surface area contributed by atoms with Gasteiger partial charge in [0.15, 0.2) is 0 Å². The Labute approximate surface area is 131 Å². The predicted molar refractivity (Wildman–Crippen MR) is 88.8 cm³/mol. The molecule has 0 aliphatic carbocycles. The molecule has 22 heavy (non-hydrogen) atoms. The second kappa shape index (κ2) is 6.11. The number of carbonyl (C=O) groups excluding carboxylic acids is 1. The Morgan fingerprint density at radius 3 is 2.73 bits per heavy atom. The molecule has 3 rings (SSSR count). The number of fused-ring (bicyclic) bond motifs is 1. The Morgan fingerprint density at radius 1 is 1.32 bits per heavy atom. The van der Waals surface area contributed by atoms with Crippen LogP contribution in [0, 0.1) is 0 Å². The van der Waals surface area contributed by atoms with E-state index < -0.39 is 0 Å². The van der Waals surface area contributed by atoms with Gasteiger partial charge >= 0.3 is 0 Å². The summed E-state index contributed by atoms with van der Waals surface area (Å²) in [6.07, 6.45) is 4.84. The second-order valence-corrected chi connectivity index (χ2v) is 6.50. The summed E-state index contributed by atoms with van der Waals surface area (Å²) in [5.41, 5.74) is 3.07. The smallest absolute Gasteiger partial charge is 0.227 e. The molecule has 1 saturated heterocycles. The first-order valence-corrected chi connectivity index (χ1v) is 8.37. The number of piperidine rings is 1. The molecule has 2 unspecified atom stereocenters. The van der Waals surface area contributed by atoms with E-state index in [4.69, 9.17) is 0 Å². The number of aromatic nitrogens is 2. The first kappa shape index (κ1) is 15.1. The van der Waals surface area contributed by atoms with E-state index in [0.717, 1.165) is 41.7 Å². The average Bonchev–Trinajstić information content (AvgIpc) is 2.89. The van der Waals surface area contributed by atoms with Gasteiger partial charge in [-0.15, -0.1) is 0 Å². The average molecular weight is 299 g/mol. The zero-order valence-corrected chi connectivity index (χ0v) is 13.7. The van der Waals surface area contributed by atoms with Gasteiger partial charge in [-0.2, -0.15) is 0 Å². The number of carbonyl (C=O) groups is 1. The van der Waals surface area contributed by atoms with Crippen molar-refractivity contribution in [3.8, 4) is 0 Å². The highest BCUT2D eigenvalue weighted by atomic mass is 16.2. The molecule has 1 aromatic carbocycles. The normalized spacial score (nSPS) is 22.2. The summed E-state index contributed by atoms with van der Waals surface area (Å²) in [5.74, 6) is 1.24.